The molecule has 1 saturated heterocycles. The minimum absolute atomic E-state index is 0.319. The molecule has 0 bridgehead atoms. The lowest BCUT2D eigenvalue weighted by molar-refractivity contribution is -0.138. The summed E-state index contributed by atoms with van der Waals surface area (Å²) in [5.74, 6) is -0.819. The van der Waals surface area contributed by atoms with Crippen LogP contribution < -0.4 is 0 Å². The molecule has 0 saturated carbocycles. The van der Waals surface area contributed by atoms with Gasteiger partial charge in [-0.05, 0) is 12.8 Å². The van der Waals surface area contributed by atoms with E-state index in [-0.39, 0.29) is 5.60 Å². The van der Waals surface area contributed by atoms with Crippen molar-refractivity contribution < 1.29 is 14.6 Å². The van der Waals surface area contributed by atoms with Crippen LogP contribution in [-0.2, 0) is 9.53 Å². The first-order valence-electron chi connectivity index (χ1n) is 4.07. The van der Waals surface area contributed by atoms with E-state index in [9.17, 15) is 4.79 Å². The number of epoxide rings is 1. The molecular formula is C8H14O3. The highest BCUT2D eigenvalue weighted by Gasteiger charge is 2.58. The van der Waals surface area contributed by atoms with Crippen LogP contribution in [0, 0.1) is 0 Å². The highest BCUT2D eigenvalue weighted by molar-refractivity contribution is 5.77. The van der Waals surface area contributed by atoms with Crippen LogP contribution in [0.1, 0.15) is 33.1 Å². The van der Waals surface area contributed by atoms with Gasteiger partial charge >= 0.3 is 5.97 Å². The van der Waals surface area contributed by atoms with Gasteiger partial charge in [0.2, 0.25) is 0 Å². The number of hydrogen-bond acceptors (Lipinski definition) is 2. The van der Waals surface area contributed by atoms with Crippen LogP contribution in [0.4, 0.5) is 0 Å². The fourth-order valence-electron chi connectivity index (χ4n) is 1.53. The zero-order valence-corrected chi connectivity index (χ0v) is 6.96. The first-order valence-corrected chi connectivity index (χ1v) is 4.07. The molecule has 1 heterocycles. The second-order valence-corrected chi connectivity index (χ2v) is 3.00. The molecule has 1 N–H and O–H groups in total. The monoisotopic (exact) mass is 158 g/mol. The largest absolute Gasteiger partial charge is 0.479 e. The number of aliphatic carboxylic acids is 1. The summed E-state index contributed by atoms with van der Waals surface area (Å²) in [5, 5.41) is 8.62. The molecule has 11 heavy (non-hydrogen) atoms. The van der Waals surface area contributed by atoms with Gasteiger partial charge in [-0.25, -0.2) is 4.79 Å². The second-order valence-electron chi connectivity index (χ2n) is 3.00. The van der Waals surface area contributed by atoms with Gasteiger partial charge in [-0.3, -0.25) is 0 Å². The highest BCUT2D eigenvalue weighted by atomic mass is 16.6. The maximum absolute atomic E-state index is 10.5. The molecular weight excluding hydrogens is 144 g/mol. The van der Waals surface area contributed by atoms with E-state index in [1.54, 1.807) is 0 Å². The zero-order chi connectivity index (χ0) is 8.48. The van der Waals surface area contributed by atoms with E-state index in [4.69, 9.17) is 9.84 Å². The minimum atomic E-state index is -0.819. The topological polar surface area (TPSA) is 49.8 Å². The molecule has 2 atom stereocenters. The third-order valence-electron chi connectivity index (χ3n) is 2.27. The molecule has 0 aliphatic carbocycles. The van der Waals surface area contributed by atoms with Crippen molar-refractivity contribution in [1.29, 1.82) is 0 Å². The van der Waals surface area contributed by atoms with Crippen molar-refractivity contribution in [1.82, 2.24) is 0 Å². The Hall–Kier alpha value is -0.570. The number of ether oxygens (including phenoxy) is 1. The van der Waals surface area contributed by atoms with Gasteiger partial charge in [-0.2, -0.15) is 0 Å². The van der Waals surface area contributed by atoms with Crippen LogP contribution in [0.2, 0.25) is 0 Å². The molecule has 0 spiro atoms. The molecule has 0 aromatic heterocycles. The molecule has 64 valence electrons. The average molecular weight is 158 g/mol. The minimum Gasteiger partial charge on any atom is -0.479 e. The number of carbonyl (C=O) groups is 1. The summed E-state index contributed by atoms with van der Waals surface area (Å²) in [5.41, 5.74) is -0.319. The van der Waals surface area contributed by atoms with Crippen molar-refractivity contribution in [2.24, 2.45) is 0 Å². The summed E-state index contributed by atoms with van der Waals surface area (Å²) >= 11 is 0. The van der Waals surface area contributed by atoms with E-state index >= 15 is 0 Å². The SMILES string of the molecule is CCCC1(CC)OC1C(=O)O. The maximum Gasteiger partial charge on any atom is 0.335 e. The van der Waals surface area contributed by atoms with E-state index in [1.807, 2.05) is 13.8 Å². The van der Waals surface area contributed by atoms with Gasteiger partial charge in [0.25, 0.3) is 0 Å². The molecule has 1 rings (SSSR count). The first kappa shape index (κ1) is 8.53. The highest BCUT2D eigenvalue weighted by Crippen LogP contribution is 2.43. The Morgan fingerprint density at radius 1 is 1.64 bits per heavy atom. The van der Waals surface area contributed by atoms with Gasteiger partial charge in [0.1, 0.15) is 5.60 Å². The van der Waals surface area contributed by atoms with Crippen molar-refractivity contribution in [3.8, 4) is 0 Å². The summed E-state index contributed by atoms with van der Waals surface area (Å²) in [4.78, 5) is 10.5. The third-order valence-corrected chi connectivity index (χ3v) is 2.27. The van der Waals surface area contributed by atoms with Gasteiger partial charge < -0.3 is 9.84 Å². The standard InChI is InChI=1S/C8H14O3/c1-3-5-8(4-2)6(11-8)7(9)10/h6H,3-5H2,1-2H3,(H,9,10). The summed E-state index contributed by atoms with van der Waals surface area (Å²) in [7, 11) is 0. The van der Waals surface area contributed by atoms with Gasteiger partial charge in [0, 0.05) is 0 Å². The van der Waals surface area contributed by atoms with Crippen LogP contribution in [0.25, 0.3) is 0 Å². The van der Waals surface area contributed by atoms with Crippen molar-refractivity contribution in [3.63, 3.8) is 0 Å². The third kappa shape index (κ3) is 1.38. The molecule has 3 heteroatoms. The van der Waals surface area contributed by atoms with Crippen molar-refractivity contribution >= 4 is 5.97 Å². The number of rotatable bonds is 4. The van der Waals surface area contributed by atoms with Crippen LogP contribution in [0.15, 0.2) is 0 Å². The fourth-order valence-corrected chi connectivity index (χ4v) is 1.53. The van der Waals surface area contributed by atoms with E-state index in [1.165, 1.54) is 0 Å². The van der Waals surface area contributed by atoms with Crippen molar-refractivity contribution in [3.05, 3.63) is 0 Å². The number of hydrogen-bond donors (Lipinski definition) is 1. The van der Waals surface area contributed by atoms with Crippen LogP contribution >= 0.6 is 0 Å². The van der Waals surface area contributed by atoms with E-state index in [0.29, 0.717) is 0 Å². The molecule has 3 nitrogen and oxygen atoms in total. The molecule has 0 amide bonds. The van der Waals surface area contributed by atoms with E-state index in [0.717, 1.165) is 19.3 Å². The quantitative estimate of drug-likeness (QED) is 0.629. The van der Waals surface area contributed by atoms with Crippen LogP contribution in [0.3, 0.4) is 0 Å². The van der Waals surface area contributed by atoms with Gasteiger partial charge in [0.05, 0.1) is 0 Å². The zero-order valence-electron chi connectivity index (χ0n) is 6.96. The van der Waals surface area contributed by atoms with Crippen LogP contribution in [0.5, 0.6) is 0 Å². The van der Waals surface area contributed by atoms with Crippen molar-refractivity contribution in [2.45, 2.75) is 44.8 Å². The smallest absolute Gasteiger partial charge is 0.335 e. The Kier molecular flexibility index (Phi) is 2.18. The molecule has 1 aliphatic rings. The molecule has 0 radical (unpaired) electrons. The number of carboxylic acids is 1. The predicted molar refractivity (Wildman–Crippen MR) is 40.4 cm³/mol. The Labute approximate surface area is 66.4 Å². The summed E-state index contributed by atoms with van der Waals surface area (Å²) in [6, 6.07) is 0. The molecule has 0 aromatic carbocycles. The molecule has 1 fully saturated rings. The van der Waals surface area contributed by atoms with E-state index < -0.39 is 12.1 Å². The normalized spacial score (nSPS) is 35.3. The summed E-state index contributed by atoms with van der Waals surface area (Å²) in [6.45, 7) is 4.01. The van der Waals surface area contributed by atoms with Crippen molar-refractivity contribution in [2.75, 3.05) is 0 Å². The molecule has 0 aromatic rings. The maximum atomic E-state index is 10.5. The van der Waals surface area contributed by atoms with Gasteiger partial charge in [-0.1, -0.05) is 20.3 Å². The van der Waals surface area contributed by atoms with Crippen LogP contribution in [-0.4, -0.2) is 22.8 Å². The summed E-state index contributed by atoms with van der Waals surface area (Å²) in [6.07, 6.45) is 2.11. The summed E-state index contributed by atoms with van der Waals surface area (Å²) < 4.78 is 5.16. The predicted octanol–water partition coefficient (Wildman–Crippen LogP) is 1.42. The Morgan fingerprint density at radius 3 is 2.55 bits per heavy atom. The first-order chi connectivity index (χ1) is 5.16. The fraction of sp³-hybridized carbons (Fsp3) is 0.875. The number of carboxylic acid groups (broad SMARTS) is 1. The lowest BCUT2D eigenvalue weighted by Gasteiger charge is -2.05. The Balaban J connectivity index is 2.49. The molecule has 1 aliphatic heterocycles. The van der Waals surface area contributed by atoms with Gasteiger partial charge in [0.15, 0.2) is 6.10 Å². The Morgan fingerprint density at radius 2 is 2.27 bits per heavy atom. The van der Waals surface area contributed by atoms with Gasteiger partial charge in [-0.15, -0.1) is 0 Å². The lowest BCUT2D eigenvalue weighted by atomic mass is 9.97. The Bertz CT molecular complexity index is 167. The second kappa shape index (κ2) is 2.81. The average Bonchev–Trinajstić information content (AvgIpc) is 2.65. The van der Waals surface area contributed by atoms with E-state index in [2.05, 4.69) is 0 Å². The lowest BCUT2D eigenvalue weighted by Crippen LogP contribution is -2.19. The molecule has 2 unspecified atom stereocenters.